The first-order valence-corrected chi connectivity index (χ1v) is 7.16. The average molecular weight is 352 g/mol. The van der Waals surface area contributed by atoms with Crippen LogP contribution in [0, 0.1) is 6.92 Å². The van der Waals surface area contributed by atoms with Crippen LogP contribution in [-0.2, 0) is 14.3 Å². The molecule has 1 aromatic heterocycles. The Bertz CT molecular complexity index is 789. The summed E-state index contributed by atoms with van der Waals surface area (Å²) in [6.45, 7) is 0.688. The maximum absolute atomic E-state index is 12.0. The lowest BCUT2D eigenvalue weighted by Gasteiger charge is -2.03. The second-order valence-electron chi connectivity index (χ2n) is 4.72. The number of rotatable bonds is 6. The summed E-state index contributed by atoms with van der Waals surface area (Å²) in [6.07, 6.45) is 0. The van der Waals surface area contributed by atoms with Gasteiger partial charge in [0, 0.05) is 5.02 Å². The molecule has 0 saturated heterocycles. The Labute approximate surface area is 141 Å². The van der Waals surface area contributed by atoms with Gasteiger partial charge in [-0.1, -0.05) is 17.7 Å². The molecule has 0 atom stereocenters. The van der Waals surface area contributed by atoms with E-state index < -0.39 is 24.4 Å². The predicted molar refractivity (Wildman–Crippen MR) is 83.6 cm³/mol. The molecule has 1 heterocycles. The third-order valence-electron chi connectivity index (χ3n) is 2.81. The lowest BCUT2D eigenvalue weighted by atomic mass is 10.3. The molecule has 24 heavy (non-hydrogen) atoms. The minimum absolute atomic E-state index is 0.0299. The number of halogens is 1. The molecule has 2 aromatic rings. The molecule has 0 bridgehead atoms. The Morgan fingerprint density at radius 3 is 2.75 bits per heavy atom. The van der Waals surface area contributed by atoms with E-state index >= 15 is 0 Å². The number of primary amides is 1. The molecular weight excluding hydrogens is 338 g/mol. The molecule has 0 spiro atoms. The monoisotopic (exact) mass is 351 g/mol. The first kappa shape index (κ1) is 17.4. The molecule has 9 nitrogen and oxygen atoms in total. The zero-order chi connectivity index (χ0) is 17.7. The van der Waals surface area contributed by atoms with Crippen molar-refractivity contribution in [2.24, 2.45) is 5.73 Å². The summed E-state index contributed by atoms with van der Waals surface area (Å²) in [5, 5.41) is 10.8. The Hall–Kier alpha value is -2.94. The molecule has 0 fully saturated rings. The Morgan fingerprint density at radius 2 is 2.08 bits per heavy atom. The summed E-state index contributed by atoms with van der Waals surface area (Å²) in [5.41, 5.74) is 5.76. The van der Waals surface area contributed by atoms with Crippen molar-refractivity contribution in [3.8, 4) is 5.69 Å². The second kappa shape index (κ2) is 7.55. The minimum atomic E-state index is -0.810. The molecule has 0 aliphatic heterocycles. The number of hydrogen-bond acceptors (Lipinski definition) is 6. The third-order valence-corrected chi connectivity index (χ3v) is 3.04. The highest BCUT2D eigenvalue weighted by Gasteiger charge is 2.19. The van der Waals surface area contributed by atoms with Gasteiger partial charge >= 0.3 is 5.97 Å². The normalized spacial score (nSPS) is 10.2. The van der Waals surface area contributed by atoms with E-state index in [1.807, 2.05) is 0 Å². The van der Waals surface area contributed by atoms with E-state index in [2.05, 4.69) is 15.5 Å². The molecule has 0 aliphatic rings. The van der Waals surface area contributed by atoms with Crippen molar-refractivity contribution in [1.82, 2.24) is 20.3 Å². The van der Waals surface area contributed by atoms with E-state index in [1.54, 1.807) is 31.2 Å². The van der Waals surface area contributed by atoms with Gasteiger partial charge in [-0.25, -0.2) is 4.79 Å². The van der Waals surface area contributed by atoms with Gasteiger partial charge in [-0.3, -0.25) is 9.59 Å². The number of nitrogens with zero attached hydrogens (tertiary/aromatic N) is 3. The van der Waals surface area contributed by atoms with Gasteiger partial charge < -0.3 is 15.8 Å². The highest BCUT2D eigenvalue weighted by molar-refractivity contribution is 6.30. The molecule has 0 saturated carbocycles. The summed E-state index contributed by atoms with van der Waals surface area (Å²) < 4.78 is 4.83. The van der Waals surface area contributed by atoms with Crippen LogP contribution in [0.5, 0.6) is 0 Å². The van der Waals surface area contributed by atoms with Gasteiger partial charge in [0.1, 0.15) is 0 Å². The van der Waals surface area contributed by atoms with Gasteiger partial charge in [-0.15, -0.1) is 5.10 Å². The van der Waals surface area contributed by atoms with Crippen LogP contribution in [0.15, 0.2) is 24.3 Å². The number of nitrogens with two attached hydrogens (primary N) is 1. The number of amides is 2. The van der Waals surface area contributed by atoms with Crippen LogP contribution in [0.1, 0.15) is 16.2 Å². The Balaban J connectivity index is 2.03. The SMILES string of the molecule is Cc1nn(-c2cccc(Cl)c2)nc1C(=O)OCC(=O)NCC(N)=O. The molecule has 0 radical (unpaired) electrons. The Morgan fingerprint density at radius 1 is 1.33 bits per heavy atom. The van der Waals surface area contributed by atoms with E-state index in [-0.39, 0.29) is 12.2 Å². The zero-order valence-electron chi connectivity index (χ0n) is 12.7. The van der Waals surface area contributed by atoms with Gasteiger partial charge in [0.2, 0.25) is 5.91 Å². The highest BCUT2D eigenvalue weighted by atomic mass is 35.5. The average Bonchev–Trinajstić information content (AvgIpc) is 2.92. The van der Waals surface area contributed by atoms with Crippen molar-refractivity contribution in [3.63, 3.8) is 0 Å². The fourth-order valence-corrected chi connectivity index (χ4v) is 1.90. The van der Waals surface area contributed by atoms with Crippen LogP contribution in [0.25, 0.3) is 5.69 Å². The summed E-state index contributed by atoms with van der Waals surface area (Å²) in [5.74, 6) is -2.16. The van der Waals surface area contributed by atoms with Gasteiger partial charge in [0.25, 0.3) is 5.91 Å². The topological polar surface area (TPSA) is 129 Å². The van der Waals surface area contributed by atoms with Crippen LogP contribution >= 0.6 is 11.6 Å². The number of nitrogens with one attached hydrogen (secondary N) is 1. The number of esters is 1. The molecule has 0 aliphatic carbocycles. The van der Waals surface area contributed by atoms with Crippen LogP contribution < -0.4 is 11.1 Å². The smallest absolute Gasteiger partial charge is 0.361 e. The third kappa shape index (κ3) is 4.53. The number of aryl methyl sites for hydroxylation is 1. The number of aromatic nitrogens is 3. The fourth-order valence-electron chi connectivity index (χ4n) is 1.72. The molecule has 126 valence electrons. The quantitative estimate of drug-likeness (QED) is 0.704. The number of carbonyl (C=O) groups is 3. The molecular formula is C14H14ClN5O4. The minimum Gasteiger partial charge on any atom is -0.451 e. The summed E-state index contributed by atoms with van der Waals surface area (Å²) in [4.78, 5) is 35.1. The molecule has 10 heteroatoms. The summed E-state index contributed by atoms with van der Waals surface area (Å²) in [6, 6.07) is 6.77. The van der Waals surface area contributed by atoms with Crippen LogP contribution in [0.4, 0.5) is 0 Å². The van der Waals surface area contributed by atoms with Crippen LogP contribution in [0.3, 0.4) is 0 Å². The summed E-state index contributed by atoms with van der Waals surface area (Å²) in [7, 11) is 0. The van der Waals surface area contributed by atoms with Crippen molar-refractivity contribution in [1.29, 1.82) is 0 Å². The lowest BCUT2D eigenvalue weighted by Crippen LogP contribution is -2.36. The molecule has 3 N–H and O–H groups in total. The van der Waals surface area contributed by atoms with Crippen LogP contribution in [0.2, 0.25) is 5.02 Å². The summed E-state index contributed by atoms with van der Waals surface area (Å²) >= 11 is 5.90. The molecule has 2 amide bonds. The van der Waals surface area contributed by atoms with Gasteiger partial charge in [0.05, 0.1) is 17.9 Å². The fraction of sp³-hybridized carbons (Fsp3) is 0.214. The maximum Gasteiger partial charge on any atom is 0.361 e. The van der Waals surface area contributed by atoms with E-state index in [9.17, 15) is 14.4 Å². The number of carbonyl (C=O) groups excluding carboxylic acids is 3. The molecule has 1 aromatic carbocycles. The molecule has 0 unspecified atom stereocenters. The number of benzene rings is 1. The largest absolute Gasteiger partial charge is 0.451 e. The van der Waals surface area contributed by atoms with Gasteiger partial charge in [-0.05, 0) is 25.1 Å². The van der Waals surface area contributed by atoms with Crippen molar-refractivity contribution in [2.45, 2.75) is 6.92 Å². The second-order valence-corrected chi connectivity index (χ2v) is 5.16. The standard InChI is InChI=1S/C14H14ClN5O4/c1-8-13(14(23)24-7-12(22)17-6-11(16)21)19-20(18-8)10-4-2-3-9(15)5-10/h2-5H,6-7H2,1H3,(H2,16,21)(H,17,22). The van der Waals surface area contributed by atoms with Crippen molar-refractivity contribution >= 4 is 29.4 Å². The van der Waals surface area contributed by atoms with Gasteiger partial charge in [-0.2, -0.15) is 9.90 Å². The van der Waals surface area contributed by atoms with Crippen molar-refractivity contribution in [2.75, 3.05) is 13.2 Å². The highest BCUT2D eigenvalue weighted by Crippen LogP contribution is 2.14. The Kier molecular flexibility index (Phi) is 5.48. The first-order valence-electron chi connectivity index (χ1n) is 6.79. The first-order chi connectivity index (χ1) is 11.4. The lowest BCUT2D eigenvalue weighted by molar-refractivity contribution is -0.127. The molecule has 2 rings (SSSR count). The van der Waals surface area contributed by atoms with Crippen molar-refractivity contribution in [3.05, 3.63) is 40.7 Å². The van der Waals surface area contributed by atoms with E-state index in [0.717, 1.165) is 0 Å². The van der Waals surface area contributed by atoms with E-state index in [1.165, 1.54) is 4.80 Å². The van der Waals surface area contributed by atoms with E-state index in [4.69, 9.17) is 22.1 Å². The zero-order valence-corrected chi connectivity index (χ0v) is 13.4. The van der Waals surface area contributed by atoms with Crippen molar-refractivity contribution < 1.29 is 19.1 Å². The van der Waals surface area contributed by atoms with Gasteiger partial charge in [0.15, 0.2) is 12.3 Å². The predicted octanol–water partition coefficient (Wildman–Crippen LogP) is -0.0126. The van der Waals surface area contributed by atoms with E-state index in [0.29, 0.717) is 16.4 Å². The van der Waals surface area contributed by atoms with Crippen LogP contribution in [-0.4, -0.2) is 45.9 Å². The maximum atomic E-state index is 12.0. The number of hydrogen-bond donors (Lipinski definition) is 2. The number of ether oxygens (including phenoxy) is 1.